The topological polar surface area (TPSA) is 75.9 Å². The molecule has 0 aromatic rings. The number of rotatable bonds is 4. The van der Waals surface area contributed by atoms with Crippen LogP contribution in [0.1, 0.15) is 6.92 Å². The molecule has 1 heterocycles. The molecular weight excluding hydrogens is 210 g/mol. The van der Waals surface area contributed by atoms with Crippen molar-refractivity contribution in [2.24, 2.45) is 5.73 Å². The molecule has 2 amide bonds. The van der Waals surface area contributed by atoms with Gasteiger partial charge in [-0.25, -0.2) is 0 Å². The van der Waals surface area contributed by atoms with Crippen LogP contribution in [0.5, 0.6) is 0 Å². The first kappa shape index (κ1) is 12.9. The lowest BCUT2D eigenvalue weighted by molar-refractivity contribution is -0.141. The summed E-state index contributed by atoms with van der Waals surface area (Å²) in [4.78, 5) is 26.2. The largest absolute Gasteiger partial charge is 0.383 e. The molecular formula is C10H19N3O3. The zero-order valence-electron chi connectivity index (χ0n) is 9.81. The van der Waals surface area contributed by atoms with E-state index in [9.17, 15) is 9.59 Å². The van der Waals surface area contributed by atoms with E-state index < -0.39 is 11.9 Å². The van der Waals surface area contributed by atoms with Crippen LogP contribution in [0.2, 0.25) is 0 Å². The van der Waals surface area contributed by atoms with Crippen molar-refractivity contribution in [1.82, 2.24) is 9.80 Å². The molecule has 6 nitrogen and oxygen atoms in total. The molecule has 0 saturated carbocycles. The Morgan fingerprint density at radius 2 is 2.12 bits per heavy atom. The van der Waals surface area contributed by atoms with Crippen LogP contribution < -0.4 is 5.73 Å². The van der Waals surface area contributed by atoms with Crippen LogP contribution in [-0.4, -0.2) is 67.6 Å². The molecule has 92 valence electrons. The summed E-state index contributed by atoms with van der Waals surface area (Å²) in [5.74, 6) is -0.549. The SMILES string of the molecule is COCCN1CCN(C(C)=O)[C@@H](C(N)=O)C1. The van der Waals surface area contributed by atoms with Crippen molar-refractivity contribution in [3.05, 3.63) is 0 Å². The summed E-state index contributed by atoms with van der Waals surface area (Å²) < 4.78 is 4.98. The monoisotopic (exact) mass is 229 g/mol. The Labute approximate surface area is 95.3 Å². The van der Waals surface area contributed by atoms with Gasteiger partial charge in [0.15, 0.2) is 0 Å². The predicted molar refractivity (Wildman–Crippen MR) is 58.7 cm³/mol. The molecule has 1 fully saturated rings. The second kappa shape index (κ2) is 5.81. The van der Waals surface area contributed by atoms with Crippen molar-refractivity contribution in [3.63, 3.8) is 0 Å². The highest BCUT2D eigenvalue weighted by atomic mass is 16.5. The maximum absolute atomic E-state index is 11.3. The van der Waals surface area contributed by atoms with Crippen LogP contribution >= 0.6 is 0 Å². The number of methoxy groups -OCH3 is 1. The Morgan fingerprint density at radius 1 is 1.44 bits per heavy atom. The molecule has 0 aliphatic carbocycles. The highest BCUT2D eigenvalue weighted by Crippen LogP contribution is 2.09. The zero-order valence-corrected chi connectivity index (χ0v) is 9.81. The van der Waals surface area contributed by atoms with Gasteiger partial charge in [-0.3, -0.25) is 14.5 Å². The van der Waals surface area contributed by atoms with Crippen molar-refractivity contribution in [1.29, 1.82) is 0 Å². The molecule has 1 aliphatic rings. The number of piperazine rings is 1. The third-order valence-electron chi connectivity index (χ3n) is 2.81. The Bertz CT molecular complexity index is 270. The first-order valence-electron chi connectivity index (χ1n) is 5.34. The van der Waals surface area contributed by atoms with E-state index in [1.165, 1.54) is 11.8 Å². The summed E-state index contributed by atoms with van der Waals surface area (Å²) in [6.07, 6.45) is 0. The van der Waals surface area contributed by atoms with E-state index in [2.05, 4.69) is 4.90 Å². The van der Waals surface area contributed by atoms with Crippen molar-refractivity contribution in [2.45, 2.75) is 13.0 Å². The highest BCUT2D eigenvalue weighted by Gasteiger charge is 2.32. The molecule has 16 heavy (non-hydrogen) atoms. The molecule has 0 spiro atoms. The number of hydrogen-bond donors (Lipinski definition) is 1. The fourth-order valence-corrected chi connectivity index (χ4v) is 1.88. The van der Waals surface area contributed by atoms with Crippen molar-refractivity contribution in [2.75, 3.05) is 39.9 Å². The predicted octanol–water partition coefficient (Wildman–Crippen LogP) is -1.35. The Kier molecular flexibility index (Phi) is 4.70. The summed E-state index contributed by atoms with van der Waals surface area (Å²) >= 11 is 0. The average molecular weight is 229 g/mol. The van der Waals surface area contributed by atoms with Gasteiger partial charge >= 0.3 is 0 Å². The lowest BCUT2D eigenvalue weighted by atomic mass is 10.1. The minimum Gasteiger partial charge on any atom is -0.383 e. The molecule has 1 atom stereocenters. The maximum atomic E-state index is 11.3. The van der Waals surface area contributed by atoms with Crippen molar-refractivity contribution in [3.8, 4) is 0 Å². The van der Waals surface area contributed by atoms with E-state index in [0.29, 0.717) is 19.7 Å². The summed E-state index contributed by atoms with van der Waals surface area (Å²) in [6.45, 7) is 4.63. The fraction of sp³-hybridized carbons (Fsp3) is 0.800. The van der Waals surface area contributed by atoms with Crippen LogP contribution in [0.4, 0.5) is 0 Å². The number of carbonyl (C=O) groups is 2. The van der Waals surface area contributed by atoms with Gasteiger partial charge in [0.2, 0.25) is 11.8 Å². The lowest BCUT2D eigenvalue weighted by Crippen LogP contribution is -2.59. The van der Waals surface area contributed by atoms with Crippen LogP contribution in [0.3, 0.4) is 0 Å². The summed E-state index contributed by atoms with van der Waals surface area (Å²) in [6, 6.07) is -0.511. The van der Waals surface area contributed by atoms with Gasteiger partial charge in [-0.05, 0) is 0 Å². The Morgan fingerprint density at radius 3 is 2.62 bits per heavy atom. The quantitative estimate of drug-likeness (QED) is 0.647. The van der Waals surface area contributed by atoms with Gasteiger partial charge < -0.3 is 15.4 Å². The third kappa shape index (κ3) is 3.18. The second-order valence-corrected chi connectivity index (χ2v) is 3.92. The van der Waals surface area contributed by atoms with E-state index in [4.69, 9.17) is 10.5 Å². The molecule has 0 aromatic carbocycles. The van der Waals surface area contributed by atoms with Gasteiger partial charge in [0.1, 0.15) is 6.04 Å². The number of ether oxygens (including phenoxy) is 1. The molecule has 0 radical (unpaired) electrons. The number of carbonyl (C=O) groups excluding carboxylic acids is 2. The summed E-state index contributed by atoms with van der Waals surface area (Å²) in [7, 11) is 1.64. The molecule has 1 rings (SSSR count). The molecule has 0 bridgehead atoms. The van der Waals surface area contributed by atoms with Gasteiger partial charge in [-0.2, -0.15) is 0 Å². The Hall–Kier alpha value is -1.14. The smallest absolute Gasteiger partial charge is 0.241 e. The third-order valence-corrected chi connectivity index (χ3v) is 2.81. The second-order valence-electron chi connectivity index (χ2n) is 3.92. The van der Waals surface area contributed by atoms with Gasteiger partial charge in [0.05, 0.1) is 6.61 Å². The van der Waals surface area contributed by atoms with Crippen molar-refractivity contribution < 1.29 is 14.3 Å². The maximum Gasteiger partial charge on any atom is 0.241 e. The molecule has 2 N–H and O–H groups in total. The van der Waals surface area contributed by atoms with Gasteiger partial charge in [0, 0.05) is 40.2 Å². The molecule has 0 unspecified atom stereocenters. The zero-order chi connectivity index (χ0) is 12.1. The van der Waals surface area contributed by atoms with E-state index in [-0.39, 0.29) is 5.91 Å². The standard InChI is InChI=1S/C10H19N3O3/c1-8(14)13-4-3-12(5-6-16-2)7-9(13)10(11)15/h9H,3-7H2,1-2H3,(H2,11,15)/t9-/m1/s1. The van der Waals surface area contributed by atoms with Gasteiger partial charge in [0.25, 0.3) is 0 Å². The number of amides is 2. The number of nitrogens with zero attached hydrogens (tertiary/aromatic N) is 2. The number of hydrogen-bond acceptors (Lipinski definition) is 4. The molecule has 1 saturated heterocycles. The Balaban J connectivity index is 2.58. The van der Waals surface area contributed by atoms with E-state index in [1.54, 1.807) is 7.11 Å². The minimum atomic E-state index is -0.511. The van der Waals surface area contributed by atoms with E-state index >= 15 is 0 Å². The highest BCUT2D eigenvalue weighted by molar-refractivity contribution is 5.86. The van der Waals surface area contributed by atoms with Crippen LogP contribution in [0.25, 0.3) is 0 Å². The average Bonchev–Trinajstić information content (AvgIpc) is 2.25. The summed E-state index contributed by atoms with van der Waals surface area (Å²) in [5, 5.41) is 0. The lowest BCUT2D eigenvalue weighted by Gasteiger charge is -2.39. The van der Waals surface area contributed by atoms with E-state index in [1.807, 2.05) is 0 Å². The van der Waals surface area contributed by atoms with E-state index in [0.717, 1.165) is 13.1 Å². The number of primary amides is 1. The van der Waals surface area contributed by atoms with Crippen LogP contribution in [-0.2, 0) is 14.3 Å². The van der Waals surface area contributed by atoms with Gasteiger partial charge in [-0.1, -0.05) is 0 Å². The molecule has 6 heteroatoms. The molecule has 1 aliphatic heterocycles. The van der Waals surface area contributed by atoms with Crippen molar-refractivity contribution >= 4 is 11.8 Å². The minimum absolute atomic E-state index is 0.102. The molecule has 0 aromatic heterocycles. The van der Waals surface area contributed by atoms with Crippen LogP contribution in [0.15, 0.2) is 0 Å². The van der Waals surface area contributed by atoms with Crippen LogP contribution in [0, 0.1) is 0 Å². The first-order chi connectivity index (χ1) is 7.56. The fourth-order valence-electron chi connectivity index (χ4n) is 1.88. The number of nitrogens with two attached hydrogens (primary N) is 1. The van der Waals surface area contributed by atoms with Gasteiger partial charge in [-0.15, -0.1) is 0 Å². The summed E-state index contributed by atoms with van der Waals surface area (Å²) in [5.41, 5.74) is 5.30. The normalized spacial score (nSPS) is 22.1. The first-order valence-corrected chi connectivity index (χ1v) is 5.34.